The number of carbonyl (C=O) groups excluding carboxylic acids is 1. The highest BCUT2D eigenvalue weighted by molar-refractivity contribution is 5.91. The Hall–Kier alpha value is -3.53. The third kappa shape index (κ3) is 5.18. The fraction of sp³-hybridized carbons (Fsp3) is 0.423. The summed E-state index contributed by atoms with van der Waals surface area (Å²) in [5.41, 5.74) is 7.12. The highest BCUT2D eigenvalue weighted by Crippen LogP contribution is 2.38. The predicted octanol–water partition coefficient (Wildman–Crippen LogP) is 3.95. The summed E-state index contributed by atoms with van der Waals surface area (Å²) in [6, 6.07) is 7.58. The van der Waals surface area contributed by atoms with Gasteiger partial charge in [0.05, 0.1) is 14.2 Å². The van der Waals surface area contributed by atoms with Crippen molar-refractivity contribution in [3.05, 3.63) is 53.4 Å². The summed E-state index contributed by atoms with van der Waals surface area (Å²) in [5.74, 6) is -0.196. The van der Waals surface area contributed by atoms with Gasteiger partial charge < -0.3 is 25.4 Å². The fourth-order valence-corrected chi connectivity index (χ4v) is 4.69. The van der Waals surface area contributed by atoms with E-state index in [4.69, 9.17) is 15.2 Å². The number of ether oxygens (including phenoxy) is 2. The lowest BCUT2D eigenvalue weighted by Gasteiger charge is -2.32. The molecule has 1 aliphatic heterocycles. The van der Waals surface area contributed by atoms with Crippen LogP contribution < -0.4 is 20.5 Å². The normalized spacial score (nSPS) is 15.2. The van der Waals surface area contributed by atoms with Gasteiger partial charge in [0.2, 0.25) is 5.91 Å². The Morgan fingerprint density at radius 3 is 2.47 bits per heavy atom. The van der Waals surface area contributed by atoms with Gasteiger partial charge in [-0.05, 0) is 43.1 Å². The van der Waals surface area contributed by atoms with E-state index in [2.05, 4.69) is 15.3 Å². The summed E-state index contributed by atoms with van der Waals surface area (Å²) in [5, 5.41) is 3.67. The van der Waals surface area contributed by atoms with Crippen LogP contribution in [0.2, 0.25) is 0 Å². The number of fused-ring (bicyclic) bond motifs is 1. The number of piperidine rings is 1. The molecule has 1 aromatic heterocycles. The van der Waals surface area contributed by atoms with Crippen molar-refractivity contribution >= 4 is 22.6 Å². The molecule has 4 rings (SSSR count). The van der Waals surface area contributed by atoms with Crippen molar-refractivity contribution in [2.75, 3.05) is 39.6 Å². The lowest BCUT2D eigenvalue weighted by Crippen LogP contribution is -2.40. The number of hydrogen-bond donors (Lipinski definition) is 2. The maximum Gasteiger partial charge on any atom is 0.224 e. The zero-order valence-electron chi connectivity index (χ0n) is 20.7. The van der Waals surface area contributed by atoms with E-state index >= 15 is 4.39 Å². The summed E-state index contributed by atoms with van der Waals surface area (Å²) in [4.78, 5) is 23.8. The van der Waals surface area contributed by atoms with Crippen molar-refractivity contribution in [2.45, 2.75) is 38.1 Å². The average Bonchev–Trinajstić information content (AvgIpc) is 2.89. The van der Waals surface area contributed by atoms with Crippen molar-refractivity contribution in [1.29, 1.82) is 0 Å². The first-order valence-electron chi connectivity index (χ1n) is 12.0. The number of methoxy groups -OCH3 is 2. The van der Waals surface area contributed by atoms with Crippen LogP contribution in [0.15, 0.2) is 30.3 Å². The second-order valence-corrected chi connectivity index (χ2v) is 8.81. The first kappa shape index (κ1) is 25.6. The lowest BCUT2D eigenvalue weighted by molar-refractivity contribution is -0.132. The Bertz CT molecular complexity index is 1230. The van der Waals surface area contributed by atoms with E-state index in [1.807, 2.05) is 11.8 Å². The van der Waals surface area contributed by atoms with Crippen molar-refractivity contribution in [1.82, 2.24) is 20.2 Å². The number of nitrogen functional groups attached to an aromatic ring is 1. The number of aromatic nitrogens is 2. The molecule has 192 valence electrons. The molecule has 0 radical (unpaired) electrons. The molecule has 0 saturated carbocycles. The maximum atomic E-state index is 15.1. The van der Waals surface area contributed by atoms with Gasteiger partial charge in [-0.2, -0.15) is 0 Å². The molecule has 2 heterocycles. The number of benzene rings is 2. The second-order valence-electron chi connectivity index (χ2n) is 8.81. The minimum absolute atomic E-state index is 0.0190. The quantitative estimate of drug-likeness (QED) is 0.484. The Balaban J connectivity index is 1.47. The Morgan fingerprint density at radius 1 is 1.17 bits per heavy atom. The smallest absolute Gasteiger partial charge is 0.224 e. The number of halogens is 2. The number of hydrogen-bond acceptors (Lipinski definition) is 7. The van der Waals surface area contributed by atoms with Gasteiger partial charge >= 0.3 is 0 Å². The number of nitrogens with two attached hydrogens (primary N) is 1. The fourth-order valence-electron chi connectivity index (χ4n) is 4.69. The largest absolute Gasteiger partial charge is 0.493 e. The molecule has 0 bridgehead atoms. The molecule has 2 aromatic carbocycles. The second kappa shape index (κ2) is 11.0. The molecule has 3 aromatic rings. The summed E-state index contributed by atoms with van der Waals surface area (Å²) in [7, 11) is 2.78. The number of nitrogens with one attached hydrogen (secondary N) is 1. The zero-order chi connectivity index (χ0) is 25.8. The van der Waals surface area contributed by atoms with Crippen LogP contribution in [0.25, 0.3) is 10.9 Å². The van der Waals surface area contributed by atoms with Gasteiger partial charge in [0.1, 0.15) is 23.0 Å². The topological polar surface area (TPSA) is 103 Å². The standard InChI is InChI=1S/C26H31F2N5O3/c1-4-30-19(15-5-7-17(27)8-6-15)14-21(34)33-11-9-16(10-12-33)26-31-23-18(25(29)32-26)13-20(35-2)24(36-3)22(23)28/h5-8,13,16,19,30H,4,9-12,14H2,1-3H3,(H2,29,31,32). The van der Waals surface area contributed by atoms with Crippen molar-refractivity contribution in [2.24, 2.45) is 0 Å². The Labute approximate surface area is 208 Å². The highest BCUT2D eigenvalue weighted by atomic mass is 19.1. The molecule has 0 aliphatic carbocycles. The summed E-state index contributed by atoms with van der Waals surface area (Å²) in [6.45, 7) is 3.71. The third-order valence-corrected chi connectivity index (χ3v) is 6.64. The van der Waals surface area contributed by atoms with E-state index < -0.39 is 5.82 Å². The first-order valence-corrected chi connectivity index (χ1v) is 12.0. The van der Waals surface area contributed by atoms with E-state index in [1.54, 1.807) is 18.2 Å². The van der Waals surface area contributed by atoms with Gasteiger partial charge in [0.25, 0.3) is 0 Å². The van der Waals surface area contributed by atoms with Crippen LogP contribution in [0, 0.1) is 11.6 Å². The van der Waals surface area contributed by atoms with E-state index in [0.717, 1.165) is 5.56 Å². The molecule has 36 heavy (non-hydrogen) atoms. The summed E-state index contributed by atoms with van der Waals surface area (Å²) >= 11 is 0. The molecule has 8 nitrogen and oxygen atoms in total. The third-order valence-electron chi connectivity index (χ3n) is 6.64. The van der Waals surface area contributed by atoms with Crippen LogP contribution in [0.1, 0.15) is 49.5 Å². The van der Waals surface area contributed by atoms with Crippen LogP contribution in [0.5, 0.6) is 11.5 Å². The number of likely N-dealkylation sites (tertiary alicyclic amines) is 1. The van der Waals surface area contributed by atoms with Gasteiger partial charge in [-0.15, -0.1) is 0 Å². The molecule has 1 aliphatic rings. The van der Waals surface area contributed by atoms with Gasteiger partial charge in [-0.1, -0.05) is 19.1 Å². The van der Waals surface area contributed by atoms with Crippen LogP contribution in [0.3, 0.4) is 0 Å². The van der Waals surface area contributed by atoms with Crippen molar-refractivity contribution < 1.29 is 23.0 Å². The minimum Gasteiger partial charge on any atom is -0.493 e. The molecule has 1 saturated heterocycles. The van der Waals surface area contributed by atoms with Gasteiger partial charge in [0.15, 0.2) is 17.3 Å². The maximum absolute atomic E-state index is 15.1. The number of nitrogens with zero attached hydrogens (tertiary/aromatic N) is 3. The molecule has 10 heteroatoms. The highest BCUT2D eigenvalue weighted by Gasteiger charge is 2.29. The molecular weight excluding hydrogens is 468 g/mol. The lowest BCUT2D eigenvalue weighted by atomic mass is 9.94. The number of rotatable bonds is 8. The predicted molar refractivity (Wildman–Crippen MR) is 133 cm³/mol. The van der Waals surface area contributed by atoms with Crippen LogP contribution in [-0.2, 0) is 4.79 Å². The number of amides is 1. The van der Waals surface area contributed by atoms with E-state index in [0.29, 0.717) is 43.7 Å². The van der Waals surface area contributed by atoms with E-state index in [1.165, 1.54) is 26.4 Å². The molecule has 1 atom stereocenters. The summed E-state index contributed by atoms with van der Waals surface area (Å²) < 4.78 is 38.8. The van der Waals surface area contributed by atoms with Gasteiger partial charge in [-0.25, -0.2) is 18.7 Å². The molecule has 0 spiro atoms. The molecule has 1 unspecified atom stereocenters. The van der Waals surface area contributed by atoms with Crippen LogP contribution in [-0.4, -0.2) is 54.6 Å². The first-order chi connectivity index (χ1) is 17.4. The van der Waals surface area contributed by atoms with Gasteiger partial charge in [-0.3, -0.25) is 4.79 Å². The SMILES string of the molecule is CCNC(CC(=O)N1CCC(c2nc(N)c3cc(OC)c(OC)c(F)c3n2)CC1)c1ccc(F)cc1. The summed E-state index contributed by atoms with van der Waals surface area (Å²) in [6.07, 6.45) is 1.54. The number of anilines is 1. The molecule has 1 amide bonds. The van der Waals surface area contributed by atoms with Crippen LogP contribution >= 0.6 is 0 Å². The van der Waals surface area contributed by atoms with Crippen LogP contribution in [0.4, 0.5) is 14.6 Å². The van der Waals surface area contributed by atoms with Crippen molar-refractivity contribution in [3.8, 4) is 11.5 Å². The van der Waals surface area contributed by atoms with E-state index in [-0.39, 0.29) is 52.9 Å². The molecule has 3 N–H and O–H groups in total. The Morgan fingerprint density at radius 2 is 1.86 bits per heavy atom. The zero-order valence-corrected chi connectivity index (χ0v) is 20.7. The molecular formula is C26H31F2N5O3. The van der Waals surface area contributed by atoms with Gasteiger partial charge in [0, 0.05) is 36.9 Å². The monoisotopic (exact) mass is 499 g/mol. The molecule has 1 fully saturated rings. The van der Waals surface area contributed by atoms with E-state index in [9.17, 15) is 9.18 Å². The number of carbonyl (C=O) groups is 1. The van der Waals surface area contributed by atoms with Crippen molar-refractivity contribution in [3.63, 3.8) is 0 Å². The Kier molecular flexibility index (Phi) is 7.83. The minimum atomic E-state index is -0.648. The average molecular weight is 500 g/mol.